The first-order chi connectivity index (χ1) is 12.3. The highest BCUT2D eigenvalue weighted by atomic mass is 19.1. The van der Waals surface area contributed by atoms with Crippen LogP contribution in [0.25, 0.3) is 0 Å². The first-order valence-electron chi connectivity index (χ1n) is 8.72. The second kappa shape index (κ2) is 6.90. The Hall–Kier alpha value is -2.69. The molecule has 1 aliphatic heterocycles. The van der Waals surface area contributed by atoms with E-state index in [0.717, 1.165) is 0 Å². The lowest BCUT2D eigenvalue weighted by molar-refractivity contribution is -0.122. The fraction of sp³-hybridized carbons (Fsp3) is 0.333. The highest BCUT2D eigenvalue weighted by Gasteiger charge is 2.36. The van der Waals surface area contributed by atoms with Gasteiger partial charge in [-0.1, -0.05) is 45.0 Å². The molecule has 26 heavy (non-hydrogen) atoms. The van der Waals surface area contributed by atoms with Crippen molar-refractivity contribution in [3.8, 4) is 0 Å². The minimum Gasteiger partial charge on any atom is -0.326 e. The van der Waals surface area contributed by atoms with Crippen LogP contribution in [0, 0.1) is 11.7 Å². The van der Waals surface area contributed by atoms with Gasteiger partial charge in [0, 0.05) is 18.7 Å². The summed E-state index contributed by atoms with van der Waals surface area (Å²) < 4.78 is 13.9. The van der Waals surface area contributed by atoms with Crippen molar-refractivity contribution >= 4 is 23.2 Å². The summed E-state index contributed by atoms with van der Waals surface area (Å²) in [5.74, 6) is -1.41. The topological polar surface area (TPSA) is 49.4 Å². The van der Waals surface area contributed by atoms with Crippen LogP contribution in [0.15, 0.2) is 48.5 Å². The van der Waals surface area contributed by atoms with Gasteiger partial charge in [-0.2, -0.15) is 0 Å². The predicted molar refractivity (Wildman–Crippen MR) is 101 cm³/mol. The smallest absolute Gasteiger partial charge is 0.229 e. The van der Waals surface area contributed by atoms with E-state index in [1.807, 2.05) is 24.3 Å². The maximum absolute atomic E-state index is 13.9. The summed E-state index contributed by atoms with van der Waals surface area (Å²) in [4.78, 5) is 26.1. The Morgan fingerprint density at radius 2 is 1.77 bits per heavy atom. The molecule has 1 N–H and O–H groups in total. The maximum atomic E-state index is 13.9. The van der Waals surface area contributed by atoms with Crippen molar-refractivity contribution in [2.45, 2.75) is 32.6 Å². The second-order valence-electron chi connectivity index (χ2n) is 7.67. The molecular weight excluding hydrogens is 331 g/mol. The van der Waals surface area contributed by atoms with Crippen LogP contribution < -0.4 is 10.2 Å². The summed E-state index contributed by atoms with van der Waals surface area (Å²) in [5.41, 5.74) is 2.14. The number of halogens is 1. The van der Waals surface area contributed by atoms with Gasteiger partial charge in [-0.3, -0.25) is 9.59 Å². The molecule has 0 bridgehead atoms. The average Bonchev–Trinajstić information content (AvgIpc) is 2.97. The van der Waals surface area contributed by atoms with E-state index in [2.05, 4.69) is 26.1 Å². The number of hydrogen-bond acceptors (Lipinski definition) is 2. The number of para-hydroxylation sites is 1. The van der Waals surface area contributed by atoms with E-state index in [4.69, 9.17) is 0 Å². The number of nitrogens with zero attached hydrogens (tertiary/aromatic N) is 1. The van der Waals surface area contributed by atoms with Crippen LogP contribution in [0.5, 0.6) is 0 Å². The molecule has 1 saturated heterocycles. The average molecular weight is 354 g/mol. The molecular formula is C21H23FN2O2. The van der Waals surface area contributed by atoms with Crippen LogP contribution in [0.4, 0.5) is 15.8 Å². The van der Waals surface area contributed by atoms with Gasteiger partial charge in [0.25, 0.3) is 0 Å². The van der Waals surface area contributed by atoms with Gasteiger partial charge in [-0.05, 0) is 35.2 Å². The first kappa shape index (κ1) is 18.1. The molecule has 1 atom stereocenters. The van der Waals surface area contributed by atoms with Crippen molar-refractivity contribution in [1.82, 2.24) is 0 Å². The van der Waals surface area contributed by atoms with Gasteiger partial charge in [0.15, 0.2) is 0 Å². The second-order valence-corrected chi connectivity index (χ2v) is 7.67. The Morgan fingerprint density at radius 3 is 2.38 bits per heavy atom. The summed E-state index contributed by atoms with van der Waals surface area (Å²) in [7, 11) is 0. The normalized spacial score (nSPS) is 17.5. The van der Waals surface area contributed by atoms with Gasteiger partial charge in [-0.25, -0.2) is 4.39 Å². The molecule has 2 amide bonds. The minimum absolute atomic E-state index is 0.0423. The summed E-state index contributed by atoms with van der Waals surface area (Å²) >= 11 is 0. The zero-order valence-electron chi connectivity index (χ0n) is 15.3. The van der Waals surface area contributed by atoms with Crippen LogP contribution in [-0.2, 0) is 15.0 Å². The summed E-state index contributed by atoms with van der Waals surface area (Å²) in [5, 5.41) is 2.86. The van der Waals surface area contributed by atoms with Gasteiger partial charge in [0.2, 0.25) is 11.8 Å². The van der Waals surface area contributed by atoms with Crippen molar-refractivity contribution in [1.29, 1.82) is 0 Å². The standard InChI is InChI=1S/C21H23FN2O2/c1-21(2,3)15-8-10-16(11-9-15)23-20(26)14-12-19(25)24(13-14)18-7-5-4-6-17(18)22/h4-11,14H,12-13H2,1-3H3,(H,23,26)/t14-/m0/s1. The molecule has 0 aromatic heterocycles. The number of amides is 2. The van der Waals surface area contributed by atoms with Gasteiger partial charge in [0.1, 0.15) is 5.82 Å². The Labute approximate surface area is 153 Å². The molecule has 4 nitrogen and oxygen atoms in total. The third-order valence-corrected chi connectivity index (χ3v) is 4.66. The fourth-order valence-corrected chi connectivity index (χ4v) is 3.08. The number of nitrogens with one attached hydrogen (secondary N) is 1. The fourth-order valence-electron chi connectivity index (χ4n) is 3.08. The largest absolute Gasteiger partial charge is 0.326 e. The zero-order chi connectivity index (χ0) is 18.9. The quantitative estimate of drug-likeness (QED) is 0.902. The van der Waals surface area contributed by atoms with Crippen molar-refractivity contribution < 1.29 is 14.0 Å². The highest BCUT2D eigenvalue weighted by Crippen LogP contribution is 2.28. The molecule has 5 heteroatoms. The van der Waals surface area contributed by atoms with Crippen LogP contribution >= 0.6 is 0 Å². The van der Waals surface area contributed by atoms with Gasteiger partial charge >= 0.3 is 0 Å². The Balaban J connectivity index is 1.68. The number of rotatable bonds is 3. The van der Waals surface area contributed by atoms with E-state index in [9.17, 15) is 14.0 Å². The van der Waals surface area contributed by atoms with Crippen LogP contribution in [-0.4, -0.2) is 18.4 Å². The van der Waals surface area contributed by atoms with Crippen LogP contribution in [0.2, 0.25) is 0 Å². The van der Waals surface area contributed by atoms with E-state index in [1.54, 1.807) is 18.2 Å². The minimum atomic E-state index is -0.496. The number of benzene rings is 2. The summed E-state index contributed by atoms with van der Waals surface area (Å²) in [6.45, 7) is 6.57. The van der Waals surface area contributed by atoms with E-state index < -0.39 is 11.7 Å². The number of hydrogen-bond donors (Lipinski definition) is 1. The number of carbonyl (C=O) groups is 2. The van der Waals surface area contributed by atoms with Crippen LogP contribution in [0.3, 0.4) is 0 Å². The lowest BCUT2D eigenvalue weighted by Gasteiger charge is -2.19. The lowest BCUT2D eigenvalue weighted by atomic mass is 9.87. The molecule has 0 unspecified atom stereocenters. The lowest BCUT2D eigenvalue weighted by Crippen LogP contribution is -2.28. The number of carbonyl (C=O) groups excluding carboxylic acids is 2. The molecule has 1 aliphatic rings. The van der Waals surface area contributed by atoms with E-state index in [-0.39, 0.29) is 35.9 Å². The Kier molecular flexibility index (Phi) is 4.81. The summed E-state index contributed by atoms with van der Waals surface area (Å²) in [6.07, 6.45) is 0.0836. The molecule has 1 fully saturated rings. The van der Waals surface area contributed by atoms with Crippen molar-refractivity contribution in [3.63, 3.8) is 0 Å². The Morgan fingerprint density at radius 1 is 1.12 bits per heavy atom. The molecule has 0 saturated carbocycles. The molecule has 2 aromatic rings. The van der Waals surface area contributed by atoms with Crippen molar-refractivity contribution in [2.75, 3.05) is 16.8 Å². The van der Waals surface area contributed by atoms with E-state index in [1.165, 1.54) is 16.5 Å². The third-order valence-electron chi connectivity index (χ3n) is 4.66. The van der Waals surface area contributed by atoms with Crippen molar-refractivity contribution in [3.05, 3.63) is 59.9 Å². The van der Waals surface area contributed by atoms with E-state index >= 15 is 0 Å². The van der Waals surface area contributed by atoms with Crippen LogP contribution in [0.1, 0.15) is 32.8 Å². The SMILES string of the molecule is CC(C)(C)c1ccc(NC(=O)[C@H]2CC(=O)N(c3ccccc3F)C2)cc1. The maximum Gasteiger partial charge on any atom is 0.229 e. The predicted octanol–water partition coefficient (Wildman–Crippen LogP) is 4.11. The number of anilines is 2. The molecule has 0 aliphatic carbocycles. The molecule has 136 valence electrons. The molecule has 2 aromatic carbocycles. The molecule has 1 heterocycles. The Bertz CT molecular complexity index is 825. The van der Waals surface area contributed by atoms with Gasteiger partial charge < -0.3 is 10.2 Å². The molecule has 3 rings (SSSR count). The van der Waals surface area contributed by atoms with Gasteiger partial charge in [0.05, 0.1) is 11.6 Å². The summed E-state index contributed by atoms with van der Waals surface area (Å²) in [6, 6.07) is 13.8. The molecule has 0 spiro atoms. The van der Waals surface area contributed by atoms with Crippen molar-refractivity contribution in [2.24, 2.45) is 5.92 Å². The monoisotopic (exact) mass is 354 g/mol. The zero-order valence-corrected chi connectivity index (χ0v) is 15.3. The highest BCUT2D eigenvalue weighted by molar-refractivity contribution is 6.03. The molecule has 0 radical (unpaired) electrons. The first-order valence-corrected chi connectivity index (χ1v) is 8.72. The van der Waals surface area contributed by atoms with E-state index in [0.29, 0.717) is 5.69 Å². The third kappa shape index (κ3) is 3.77. The van der Waals surface area contributed by atoms with Gasteiger partial charge in [-0.15, -0.1) is 0 Å².